The molecule has 0 saturated heterocycles. The van der Waals surface area contributed by atoms with Gasteiger partial charge in [0.2, 0.25) is 0 Å². The van der Waals surface area contributed by atoms with Crippen molar-refractivity contribution in [1.29, 1.82) is 0 Å². The lowest BCUT2D eigenvalue weighted by Crippen LogP contribution is -2.40. The number of hydrogen-bond acceptors (Lipinski definition) is 5. The van der Waals surface area contributed by atoms with Crippen LogP contribution in [0.3, 0.4) is 0 Å². The lowest BCUT2D eigenvalue weighted by atomic mass is 10.2. The van der Waals surface area contributed by atoms with Crippen LogP contribution in [0.4, 0.5) is 19.0 Å². The predicted molar refractivity (Wildman–Crippen MR) is 116 cm³/mol. The molecule has 1 heterocycles. The molecule has 0 amide bonds. The molecule has 1 aromatic heterocycles. The molecule has 0 bridgehead atoms. The molecule has 0 fully saturated rings. The number of nitrogens with zero attached hydrogens (tertiary/aromatic N) is 3. The Labute approximate surface area is 184 Å². The van der Waals surface area contributed by atoms with Gasteiger partial charge in [-0.1, -0.05) is 39.7 Å². The van der Waals surface area contributed by atoms with E-state index in [1.807, 2.05) is 6.92 Å². The molecule has 0 N–H and O–H groups in total. The Bertz CT molecular complexity index is 1050. The van der Waals surface area contributed by atoms with Crippen LogP contribution in [0.15, 0.2) is 38.8 Å². The zero-order valence-corrected chi connectivity index (χ0v) is 18.8. The molecule has 0 spiro atoms. The summed E-state index contributed by atoms with van der Waals surface area (Å²) in [4.78, 5) is 29.9. The van der Waals surface area contributed by atoms with E-state index in [1.54, 1.807) is 20.8 Å². The van der Waals surface area contributed by atoms with Gasteiger partial charge in [0.05, 0.1) is 5.56 Å². The van der Waals surface area contributed by atoms with Crippen LogP contribution in [0.2, 0.25) is 0 Å². The van der Waals surface area contributed by atoms with Crippen molar-refractivity contribution in [2.24, 2.45) is 18.0 Å². The minimum Gasteiger partial charge on any atom is -0.443 e. The van der Waals surface area contributed by atoms with Gasteiger partial charge >= 0.3 is 12.1 Å². The number of halogens is 3. The Kier molecular flexibility index (Phi) is 8.29. The third-order valence-corrected chi connectivity index (χ3v) is 4.69. The van der Waals surface area contributed by atoms with Gasteiger partial charge in [0.25, 0.3) is 5.56 Å². The van der Waals surface area contributed by atoms with E-state index in [9.17, 15) is 22.8 Å². The van der Waals surface area contributed by atoms with Crippen LogP contribution in [0.25, 0.3) is 0 Å². The highest BCUT2D eigenvalue weighted by Gasteiger charge is 2.31. The van der Waals surface area contributed by atoms with Crippen molar-refractivity contribution in [1.82, 2.24) is 9.13 Å². The Morgan fingerprint density at radius 2 is 1.81 bits per heavy atom. The summed E-state index contributed by atoms with van der Waals surface area (Å²) in [5, 5.41) is 0. The highest BCUT2D eigenvalue weighted by atomic mass is 19.4. The fourth-order valence-electron chi connectivity index (χ4n) is 3.01. The van der Waals surface area contributed by atoms with Crippen LogP contribution in [-0.2, 0) is 13.6 Å². The van der Waals surface area contributed by atoms with Crippen molar-refractivity contribution in [2.75, 3.05) is 0 Å². The molecule has 1 aromatic carbocycles. The van der Waals surface area contributed by atoms with Crippen molar-refractivity contribution < 1.29 is 22.6 Å². The van der Waals surface area contributed by atoms with E-state index in [0.717, 1.165) is 25.0 Å². The standard InChI is InChI=1S/C22H28F3N3O4/c1-6-7-8-12-28-20(29)15(4)18(27(5)21(28)30)26-19(14(2)3)31-16-10-9-11-17(13-16)32-22(23,24)25/h9-11,13-14H,6-8,12H2,1-5H3. The SMILES string of the molecule is CCCCCn1c(=O)c(C)c(N=C(Oc2cccc(OC(F)(F)F)c2)C(C)C)n(C)c1=O. The van der Waals surface area contributed by atoms with E-state index >= 15 is 0 Å². The number of benzene rings is 1. The number of unbranched alkanes of at least 4 members (excludes halogenated alkanes) is 2. The summed E-state index contributed by atoms with van der Waals surface area (Å²) in [5.74, 6) is -0.372. The van der Waals surface area contributed by atoms with E-state index in [4.69, 9.17) is 4.74 Å². The van der Waals surface area contributed by atoms with Gasteiger partial charge in [-0.2, -0.15) is 4.99 Å². The molecule has 2 rings (SSSR count). The highest BCUT2D eigenvalue weighted by Crippen LogP contribution is 2.27. The number of rotatable bonds is 8. The number of aromatic nitrogens is 2. The maximum atomic E-state index is 12.8. The molecule has 0 aliphatic heterocycles. The summed E-state index contributed by atoms with van der Waals surface area (Å²) in [6.45, 7) is 7.47. The summed E-state index contributed by atoms with van der Waals surface area (Å²) in [6.07, 6.45) is -2.26. The van der Waals surface area contributed by atoms with Crippen molar-refractivity contribution in [2.45, 2.75) is 59.9 Å². The van der Waals surface area contributed by atoms with Gasteiger partial charge < -0.3 is 9.47 Å². The van der Waals surface area contributed by atoms with Crippen LogP contribution < -0.4 is 20.7 Å². The molecule has 0 unspecified atom stereocenters. The third kappa shape index (κ3) is 6.48. The lowest BCUT2D eigenvalue weighted by Gasteiger charge is -2.16. The molecule has 0 radical (unpaired) electrons. The van der Waals surface area contributed by atoms with E-state index in [1.165, 1.54) is 28.3 Å². The third-order valence-electron chi connectivity index (χ3n) is 4.69. The first kappa shape index (κ1) is 25.2. The largest absolute Gasteiger partial charge is 0.573 e. The summed E-state index contributed by atoms with van der Waals surface area (Å²) in [6, 6.07) is 5.05. The van der Waals surface area contributed by atoms with Gasteiger partial charge in [0.1, 0.15) is 17.3 Å². The Morgan fingerprint density at radius 3 is 2.41 bits per heavy atom. The van der Waals surface area contributed by atoms with E-state index in [2.05, 4.69) is 9.73 Å². The summed E-state index contributed by atoms with van der Waals surface area (Å²) >= 11 is 0. The zero-order valence-electron chi connectivity index (χ0n) is 18.8. The van der Waals surface area contributed by atoms with Gasteiger partial charge in [-0.3, -0.25) is 13.9 Å². The number of hydrogen-bond donors (Lipinski definition) is 0. The van der Waals surface area contributed by atoms with Gasteiger partial charge in [-0.05, 0) is 25.5 Å². The maximum Gasteiger partial charge on any atom is 0.573 e. The van der Waals surface area contributed by atoms with Crippen molar-refractivity contribution >= 4 is 11.7 Å². The van der Waals surface area contributed by atoms with Crippen LogP contribution in [0.1, 0.15) is 45.6 Å². The van der Waals surface area contributed by atoms with Gasteiger partial charge in [0, 0.05) is 25.6 Å². The molecule has 7 nitrogen and oxygen atoms in total. The lowest BCUT2D eigenvalue weighted by molar-refractivity contribution is -0.274. The molecule has 176 valence electrons. The molecule has 0 aliphatic rings. The van der Waals surface area contributed by atoms with Gasteiger partial charge in [-0.15, -0.1) is 13.2 Å². The van der Waals surface area contributed by atoms with Gasteiger partial charge in [-0.25, -0.2) is 4.79 Å². The number of ether oxygens (including phenoxy) is 2. The summed E-state index contributed by atoms with van der Waals surface area (Å²) < 4.78 is 49.6. The zero-order chi connectivity index (χ0) is 24.1. The summed E-state index contributed by atoms with van der Waals surface area (Å²) in [5.41, 5.74) is -0.634. The van der Waals surface area contributed by atoms with Crippen LogP contribution in [0, 0.1) is 12.8 Å². The fraction of sp³-hybridized carbons (Fsp3) is 0.500. The Morgan fingerprint density at radius 1 is 1.16 bits per heavy atom. The molecule has 0 saturated carbocycles. The van der Waals surface area contributed by atoms with E-state index < -0.39 is 23.4 Å². The molecule has 2 aromatic rings. The smallest absolute Gasteiger partial charge is 0.443 e. The quantitative estimate of drug-likeness (QED) is 0.328. The minimum absolute atomic E-state index is 0.0785. The fourth-order valence-corrected chi connectivity index (χ4v) is 3.01. The second-order valence-electron chi connectivity index (χ2n) is 7.68. The molecule has 0 aliphatic carbocycles. The van der Waals surface area contributed by atoms with Crippen LogP contribution in [-0.4, -0.2) is 21.4 Å². The molecular weight excluding hydrogens is 427 g/mol. The maximum absolute atomic E-state index is 12.8. The van der Waals surface area contributed by atoms with Crippen LogP contribution in [0.5, 0.6) is 11.5 Å². The van der Waals surface area contributed by atoms with Gasteiger partial charge in [0.15, 0.2) is 5.90 Å². The Hall–Kier alpha value is -3.04. The second kappa shape index (κ2) is 10.5. The molecular formula is C22H28F3N3O4. The molecule has 10 heteroatoms. The predicted octanol–water partition coefficient (Wildman–Crippen LogP) is 4.71. The Balaban J connectivity index is 2.44. The molecule has 0 atom stereocenters. The van der Waals surface area contributed by atoms with Crippen LogP contribution >= 0.6 is 0 Å². The first-order chi connectivity index (χ1) is 14.9. The number of aliphatic imine (C=N–C) groups is 1. The van der Waals surface area contributed by atoms with Crippen molar-refractivity contribution in [3.05, 3.63) is 50.7 Å². The molecule has 32 heavy (non-hydrogen) atoms. The topological polar surface area (TPSA) is 74.8 Å². The monoisotopic (exact) mass is 455 g/mol. The van der Waals surface area contributed by atoms with E-state index in [-0.39, 0.29) is 28.9 Å². The van der Waals surface area contributed by atoms with Crippen molar-refractivity contribution in [3.8, 4) is 11.5 Å². The summed E-state index contributed by atoms with van der Waals surface area (Å²) in [7, 11) is 1.51. The minimum atomic E-state index is -4.83. The van der Waals surface area contributed by atoms with Crippen molar-refractivity contribution in [3.63, 3.8) is 0 Å². The average Bonchev–Trinajstić information content (AvgIpc) is 2.70. The number of alkyl halides is 3. The van der Waals surface area contributed by atoms with E-state index in [0.29, 0.717) is 13.0 Å². The average molecular weight is 455 g/mol. The first-order valence-corrected chi connectivity index (χ1v) is 10.4. The second-order valence-corrected chi connectivity index (χ2v) is 7.68. The normalized spacial score (nSPS) is 12.3. The highest BCUT2D eigenvalue weighted by molar-refractivity contribution is 5.83. The first-order valence-electron chi connectivity index (χ1n) is 10.4.